The number of thioether (sulfide) groups is 1. The third kappa shape index (κ3) is 2.83. The molecule has 0 bridgehead atoms. The normalized spacial score (nSPS) is 24.9. The number of aliphatic carboxylic acids is 1. The number of hydrogen-bond acceptors (Lipinski definition) is 9. The molecule has 3 rings (SSSR count). The van der Waals surface area contributed by atoms with Crippen molar-refractivity contribution in [3.63, 3.8) is 0 Å². The van der Waals surface area contributed by atoms with Gasteiger partial charge in [-0.3, -0.25) is 14.5 Å². The van der Waals surface area contributed by atoms with Gasteiger partial charge in [0.15, 0.2) is 0 Å². The molecule has 1 unspecified atom stereocenters. The number of amides is 2. The van der Waals surface area contributed by atoms with Crippen molar-refractivity contribution in [1.82, 2.24) is 30.4 Å². The van der Waals surface area contributed by atoms with Gasteiger partial charge < -0.3 is 19.9 Å². The molecule has 2 aliphatic rings. The fourth-order valence-electron chi connectivity index (χ4n) is 2.88. The fourth-order valence-corrected chi connectivity index (χ4v) is 4.30. The zero-order valence-electron chi connectivity index (χ0n) is 13.9. The number of methoxy groups -OCH3 is 2. The van der Waals surface area contributed by atoms with Crippen molar-refractivity contribution in [3.05, 3.63) is 17.6 Å². The number of fused-ring (bicyclic) bond motifs is 1. The summed E-state index contributed by atoms with van der Waals surface area (Å²) in [5, 5.41) is 21.8. The average Bonchev–Trinajstić information content (AvgIpc) is 3.11. The maximum absolute atomic E-state index is 12.7. The number of nitrogens with one attached hydrogen (secondary N) is 1. The van der Waals surface area contributed by atoms with Crippen LogP contribution in [0.25, 0.3) is 0 Å². The Kier molecular flexibility index (Phi) is 4.93. The standard InChI is InChI=1S/C13H16N6O6S/c1-24-4-7-5-26-12-13(25-2,11(23)19(12)9(7)10(21)22)15-8(20)3-18-6-14-16-17-18/h6,12H,3-5H2,1-2H3,(H,15,20)(H,21,22)/t12-,13?/m0/s1. The lowest BCUT2D eigenvalue weighted by Crippen LogP contribution is -2.80. The molecule has 1 aromatic rings. The van der Waals surface area contributed by atoms with Crippen LogP contribution in [0.1, 0.15) is 0 Å². The minimum Gasteiger partial charge on any atom is -0.477 e. The molecule has 1 saturated heterocycles. The number of carboxylic acid groups (broad SMARTS) is 1. The summed E-state index contributed by atoms with van der Waals surface area (Å²) >= 11 is 1.28. The van der Waals surface area contributed by atoms with Crippen molar-refractivity contribution < 1.29 is 29.0 Å². The van der Waals surface area contributed by atoms with E-state index in [-0.39, 0.29) is 18.8 Å². The van der Waals surface area contributed by atoms with E-state index in [0.717, 1.165) is 4.90 Å². The molecule has 1 fully saturated rings. The van der Waals surface area contributed by atoms with Crippen LogP contribution in [0, 0.1) is 0 Å². The molecule has 0 saturated carbocycles. The number of carbonyl (C=O) groups excluding carboxylic acids is 2. The lowest BCUT2D eigenvalue weighted by Gasteiger charge is -2.55. The summed E-state index contributed by atoms with van der Waals surface area (Å²) in [4.78, 5) is 37.7. The third-order valence-corrected chi connectivity index (χ3v) is 5.35. The lowest BCUT2D eigenvalue weighted by molar-refractivity contribution is -0.192. The SMILES string of the molecule is COCC1=C(C(=O)O)N2C(=O)C(NC(=O)Cn3cnnn3)(OC)[C@@H]2SC1. The van der Waals surface area contributed by atoms with Gasteiger partial charge in [0.25, 0.3) is 11.6 Å². The molecule has 0 spiro atoms. The maximum atomic E-state index is 12.7. The van der Waals surface area contributed by atoms with Gasteiger partial charge in [-0.1, -0.05) is 0 Å². The number of β-lactam (4-membered cyclic amide) rings is 1. The number of carboxylic acids is 1. The molecule has 13 heteroatoms. The Labute approximate surface area is 151 Å². The van der Waals surface area contributed by atoms with Crippen LogP contribution in [0.15, 0.2) is 17.6 Å². The predicted molar refractivity (Wildman–Crippen MR) is 85.3 cm³/mol. The Bertz CT molecular complexity index is 767. The summed E-state index contributed by atoms with van der Waals surface area (Å²) in [7, 11) is 2.72. The van der Waals surface area contributed by atoms with Crippen LogP contribution in [-0.2, 0) is 30.4 Å². The number of tetrazole rings is 1. The van der Waals surface area contributed by atoms with Crippen molar-refractivity contribution in [1.29, 1.82) is 0 Å². The second-order valence-electron chi connectivity index (χ2n) is 5.52. The highest BCUT2D eigenvalue weighted by molar-refractivity contribution is 8.00. The molecular formula is C13H16N6O6S. The first kappa shape index (κ1) is 18.3. The summed E-state index contributed by atoms with van der Waals surface area (Å²) in [5.74, 6) is -2.11. The summed E-state index contributed by atoms with van der Waals surface area (Å²) in [6, 6.07) is 0. The van der Waals surface area contributed by atoms with Gasteiger partial charge in [-0.15, -0.1) is 16.9 Å². The number of nitrogens with zero attached hydrogens (tertiary/aromatic N) is 5. The van der Waals surface area contributed by atoms with E-state index in [4.69, 9.17) is 9.47 Å². The second kappa shape index (κ2) is 7.01. The van der Waals surface area contributed by atoms with E-state index in [1.807, 2.05) is 0 Å². The highest BCUT2D eigenvalue weighted by Gasteiger charge is 2.66. The Morgan fingerprint density at radius 3 is 2.85 bits per heavy atom. The molecule has 2 atom stereocenters. The molecular weight excluding hydrogens is 368 g/mol. The Balaban J connectivity index is 1.82. The van der Waals surface area contributed by atoms with Gasteiger partial charge in [-0.05, 0) is 16.0 Å². The van der Waals surface area contributed by atoms with Crippen LogP contribution >= 0.6 is 11.8 Å². The van der Waals surface area contributed by atoms with Crippen LogP contribution in [0.3, 0.4) is 0 Å². The molecule has 2 aliphatic heterocycles. The second-order valence-corrected chi connectivity index (χ2v) is 6.59. The molecule has 1 aromatic heterocycles. The van der Waals surface area contributed by atoms with Gasteiger partial charge in [0.05, 0.1) is 6.61 Å². The first-order chi connectivity index (χ1) is 12.4. The van der Waals surface area contributed by atoms with Gasteiger partial charge in [0, 0.05) is 20.0 Å². The van der Waals surface area contributed by atoms with E-state index >= 15 is 0 Å². The molecule has 2 amide bonds. The monoisotopic (exact) mass is 384 g/mol. The molecule has 2 N–H and O–H groups in total. The van der Waals surface area contributed by atoms with Gasteiger partial charge in [0.1, 0.15) is 23.9 Å². The van der Waals surface area contributed by atoms with Crippen molar-refractivity contribution in [3.8, 4) is 0 Å². The van der Waals surface area contributed by atoms with E-state index in [1.165, 1.54) is 37.0 Å². The number of carbonyl (C=O) groups is 3. The minimum absolute atomic E-state index is 0.0940. The van der Waals surface area contributed by atoms with E-state index < -0.39 is 28.9 Å². The Morgan fingerprint density at radius 2 is 2.27 bits per heavy atom. The van der Waals surface area contributed by atoms with Crippen molar-refractivity contribution in [2.45, 2.75) is 17.6 Å². The van der Waals surface area contributed by atoms with Crippen LogP contribution in [0.4, 0.5) is 0 Å². The lowest BCUT2D eigenvalue weighted by atomic mass is 9.98. The number of aromatic nitrogens is 4. The molecule has 0 aromatic carbocycles. The van der Waals surface area contributed by atoms with Crippen LogP contribution in [0.5, 0.6) is 0 Å². The van der Waals surface area contributed by atoms with Gasteiger partial charge in [0.2, 0.25) is 5.91 Å². The summed E-state index contributed by atoms with van der Waals surface area (Å²) in [5.41, 5.74) is -1.29. The third-order valence-electron chi connectivity index (χ3n) is 3.98. The van der Waals surface area contributed by atoms with Crippen LogP contribution in [0.2, 0.25) is 0 Å². The zero-order valence-corrected chi connectivity index (χ0v) is 14.7. The van der Waals surface area contributed by atoms with Crippen LogP contribution < -0.4 is 5.32 Å². The quantitative estimate of drug-likeness (QED) is 0.400. The number of hydrogen-bond donors (Lipinski definition) is 2. The summed E-state index contributed by atoms with van der Waals surface area (Å²) in [6.07, 6.45) is 1.26. The average molecular weight is 384 g/mol. The molecule has 12 nitrogen and oxygen atoms in total. The van der Waals surface area contributed by atoms with Crippen LogP contribution in [-0.4, -0.2) is 85.7 Å². The smallest absolute Gasteiger partial charge is 0.352 e. The Hall–Kier alpha value is -2.51. The molecule has 0 radical (unpaired) electrons. The predicted octanol–water partition coefficient (Wildman–Crippen LogP) is -1.97. The largest absolute Gasteiger partial charge is 0.477 e. The van der Waals surface area contributed by atoms with Gasteiger partial charge in [-0.25, -0.2) is 9.48 Å². The molecule has 140 valence electrons. The van der Waals surface area contributed by atoms with Crippen molar-refractivity contribution in [2.75, 3.05) is 26.6 Å². The molecule has 3 heterocycles. The Morgan fingerprint density at radius 1 is 1.50 bits per heavy atom. The van der Waals surface area contributed by atoms with Crippen molar-refractivity contribution in [2.24, 2.45) is 0 Å². The maximum Gasteiger partial charge on any atom is 0.352 e. The van der Waals surface area contributed by atoms with E-state index in [1.54, 1.807) is 0 Å². The van der Waals surface area contributed by atoms with Crippen molar-refractivity contribution >= 4 is 29.5 Å². The minimum atomic E-state index is -1.64. The van der Waals surface area contributed by atoms with E-state index in [0.29, 0.717) is 11.3 Å². The highest BCUT2D eigenvalue weighted by atomic mass is 32.2. The van der Waals surface area contributed by atoms with E-state index in [9.17, 15) is 19.5 Å². The zero-order chi connectivity index (χ0) is 18.9. The topological polar surface area (TPSA) is 149 Å². The van der Waals surface area contributed by atoms with Gasteiger partial charge >= 0.3 is 5.97 Å². The summed E-state index contributed by atoms with van der Waals surface area (Å²) < 4.78 is 11.5. The van der Waals surface area contributed by atoms with Gasteiger partial charge in [-0.2, -0.15) is 0 Å². The number of ether oxygens (including phenoxy) is 2. The first-order valence-electron chi connectivity index (χ1n) is 7.41. The first-order valence-corrected chi connectivity index (χ1v) is 8.46. The molecule has 0 aliphatic carbocycles. The summed E-state index contributed by atoms with van der Waals surface area (Å²) in [6.45, 7) is -0.115. The fraction of sp³-hybridized carbons (Fsp3) is 0.538. The number of rotatable bonds is 7. The molecule has 26 heavy (non-hydrogen) atoms. The highest BCUT2D eigenvalue weighted by Crippen LogP contribution is 2.46. The van der Waals surface area contributed by atoms with E-state index in [2.05, 4.69) is 20.8 Å².